The lowest BCUT2D eigenvalue weighted by Crippen LogP contribution is -2.42. The van der Waals surface area contributed by atoms with Crippen LogP contribution in [0.4, 0.5) is 0 Å². The molecule has 2 fully saturated rings. The molecule has 0 spiro atoms. The number of benzene rings is 1. The monoisotopic (exact) mass is 434 g/mol. The summed E-state index contributed by atoms with van der Waals surface area (Å²) >= 11 is 12.7. The number of furan rings is 1. The molecule has 2 aromatic rings. The van der Waals surface area contributed by atoms with E-state index >= 15 is 0 Å². The number of carbonyl (C=O) groups is 1. The van der Waals surface area contributed by atoms with E-state index in [-0.39, 0.29) is 5.91 Å². The number of nitrogens with zero attached hydrogens (tertiary/aromatic N) is 2. The number of halogens is 1. The SMILES string of the molecule is O=C1C(=Cc2ccc(-c3ccc(Cl)cc3)o2)SC(=S)N1CCN1CCOCC1. The predicted octanol–water partition coefficient (Wildman–Crippen LogP) is 4.13. The average molecular weight is 435 g/mol. The zero-order valence-corrected chi connectivity index (χ0v) is 17.5. The van der Waals surface area contributed by atoms with E-state index < -0.39 is 0 Å². The van der Waals surface area contributed by atoms with E-state index in [9.17, 15) is 4.79 Å². The van der Waals surface area contributed by atoms with Crippen molar-refractivity contribution in [3.63, 3.8) is 0 Å². The fourth-order valence-corrected chi connectivity index (χ4v) is 4.50. The van der Waals surface area contributed by atoms with Crippen LogP contribution in [0.15, 0.2) is 45.7 Å². The molecule has 2 aliphatic heterocycles. The van der Waals surface area contributed by atoms with Gasteiger partial charge in [-0.25, -0.2) is 0 Å². The second-order valence-electron chi connectivity index (χ2n) is 6.50. The Morgan fingerprint density at radius 2 is 1.86 bits per heavy atom. The Balaban J connectivity index is 1.43. The molecule has 0 unspecified atom stereocenters. The Hall–Kier alpha value is -1.64. The van der Waals surface area contributed by atoms with Crippen LogP contribution < -0.4 is 0 Å². The Morgan fingerprint density at radius 1 is 1.11 bits per heavy atom. The van der Waals surface area contributed by atoms with Crippen LogP contribution in [0.2, 0.25) is 5.02 Å². The van der Waals surface area contributed by atoms with E-state index in [1.807, 2.05) is 36.4 Å². The number of carbonyl (C=O) groups excluding carboxylic acids is 1. The molecule has 5 nitrogen and oxygen atoms in total. The standard InChI is InChI=1S/C20H19ClN2O3S2/c21-15-3-1-14(2-4-15)17-6-5-16(26-17)13-18-19(24)23(20(27)28-18)8-7-22-9-11-25-12-10-22/h1-6,13H,7-12H2. The van der Waals surface area contributed by atoms with Crippen molar-refractivity contribution in [2.24, 2.45) is 0 Å². The third-order valence-corrected chi connectivity index (χ3v) is 6.28. The maximum atomic E-state index is 12.8. The summed E-state index contributed by atoms with van der Waals surface area (Å²) in [7, 11) is 0. The normalized spacial score (nSPS) is 19.8. The van der Waals surface area contributed by atoms with E-state index in [2.05, 4.69) is 4.90 Å². The molecule has 4 rings (SSSR count). The minimum atomic E-state index is -0.0623. The topological polar surface area (TPSA) is 45.9 Å². The first-order valence-electron chi connectivity index (χ1n) is 9.01. The van der Waals surface area contributed by atoms with Crippen LogP contribution in [0.25, 0.3) is 17.4 Å². The molecule has 1 amide bonds. The van der Waals surface area contributed by atoms with Gasteiger partial charge in [-0.15, -0.1) is 0 Å². The number of rotatable bonds is 5. The minimum Gasteiger partial charge on any atom is -0.457 e. The highest BCUT2D eigenvalue weighted by molar-refractivity contribution is 8.26. The van der Waals surface area contributed by atoms with Gasteiger partial charge in [0.15, 0.2) is 0 Å². The summed E-state index contributed by atoms with van der Waals surface area (Å²) in [5.74, 6) is 1.29. The van der Waals surface area contributed by atoms with E-state index in [0.717, 1.165) is 44.2 Å². The van der Waals surface area contributed by atoms with Gasteiger partial charge in [0.1, 0.15) is 15.8 Å². The van der Waals surface area contributed by atoms with Crippen molar-refractivity contribution in [2.75, 3.05) is 39.4 Å². The minimum absolute atomic E-state index is 0.0623. The summed E-state index contributed by atoms with van der Waals surface area (Å²) in [4.78, 5) is 17.3. The van der Waals surface area contributed by atoms with Crippen LogP contribution in [0.3, 0.4) is 0 Å². The second kappa shape index (κ2) is 8.80. The van der Waals surface area contributed by atoms with Crippen molar-refractivity contribution >= 4 is 51.9 Å². The predicted molar refractivity (Wildman–Crippen MR) is 116 cm³/mol. The molecule has 28 heavy (non-hydrogen) atoms. The Labute approximate surface area is 178 Å². The van der Waals surface area contributed by atoms with Crippen molar-refractivity contribution in [1.29, 1.82) is 0 Å². The molecule has 3 heterocycles. The first-order chi connectivity index (χ1) is 13.6. The van der Waals surface area contributed by atoms with Gasteiger partial charge in [0, 0.05) is 42.8 Å². The molecule has 146 valence electrons. The molecule has 8 heteroatoms. The van der Waals surface area contributed by atoms with Crippen LogP contribution in [-0.4, -0.2) is 59.4 Å². The zero-order chi connectivity index (χ0) is 19.5. The Morgan fingerprint density at radius 3 is 2.61 bits per heavy atom. The highest BCUT2D eigenvalue weighted by Gasteiger charge is 2.32. The van der Waals surface area contributed by atoms with Crippen molar-refractivity contribution in [3.8, 4) is 11.3 Å². The molecule has 2 saturated heterocycles. The molecule has 0 aliphatic carbocycles. The molecule has 1 aromatic heterocycles. The van der Waals surface area contributed by atoms with Gasteiger partial charge in [-0.05, 0) is 36.4 Å². The molecular formula is C20H19ClN2O3S2. The lowest BCUT2D eigenvalue weighted by molar-refractivity contribution is -0.122. The molecule has 1 aromatic carbocycles. The fourth-order valence-electron chi connectivity index (χ4n) is 3.09. The Bertz CT molecular complexity index is 904. The average Bonchev–Trinajstić information content (AvgIpc) is 3.27. The summed E-state index contributed by atoms with van der Waals surface area (Å²) in [6, 6.07) is 11.2. The third kappa shape index (κ3) is 4.50. The molecule has 0 atom stereocenters. The fraction of sp³-hybridized carbons (Fsp3) is 0.300. The first-order valence-corrected chi connectivity index (χ1v) is 10.6. The second-order valence-corrected chi connectivity index (χ2v) is 8.61. The molecule has 0 bridgehead atoms. The zero-order valence-electron chi connectivity index (χ0n) is 15.1. The van der Waals surface area contributed by atoms with Crippen molar-refractivity contribution in [1.82, 2.24) is 9.80 Å². The van der Waals surface area contributed by atoms with Crippen LogP contribution in [-0.2, 0) is 9.53 Å². The lowest BCUT2D eigenvalue weighted by Gasteiger charge is -2.28. The van der Waals surface area contributed by atoms with Gasteiger partial charge in [-0.2, -0.15) is 0 Å². The maximum Gasteiger partial charge on any atom is 0.266 e. The van der Waals surface area contributed by atoms with Crippen molar-refractivity contribution in [2.45, 2.75) is 0 Å². The summed E-state index contributed by atoms with van der Waals surface area (Å²) in [5.41, 5.74) is 0.933. The van der Waals surface area contributed by atoms with Crippen LogP contribution in [0, 0.1) is 0 Å². The molecule has 0 saturated carbocycles. The van der Waals surface area contributed by atoms with Gasteiger partial charge in [-0.1, -0.05) is 35.6 Å². The number of morpholine rings is 1. The van der Waals surface area contributed by atoms with Crippen molar-refractivity contribution in [3.05, 3.63) is 52.1 Å². The first kappa shape index (κ1) is 19.7. The number of ether oxygens (including phenoxy) is 1. The lowest BCUT2D eigenvalue weighted by atomic mass is 10.2. The number of thiocarbonyl (C=S) groups is 1. The summed E-state index contributed by atoms with van der Waals surface area (Å²) < 4.78 is 11.8. The third-order valence-electron chi connectivity index (χ3n) is 4.65. The van der Waals surface area contributed by atoms with Gasteiger partial charge >= 0.3 is 0 Å². The molecular weight excluding hydrogens is 416 g/mol. The van der Waals surface area contributed by atoms with E-state index in [4.69, 9.17) is 33.0 Å². The van der Waals surface area contributed by atoms with Crippen LogP contribution in [0.5, 0.6) is 0 Å². The summed E-state index contributed by atoms with van der Waals surface area (Å²) in [5, 5.41) is 0.677. The number of hydrogen-bond donors (Lipinski definition) is 0. The van der Waals surface area contributed by atoms with E-state index in [1.165, 1.54) is 11.8 Å². The highest BCUT2D eigenvalue weighted by atomic mass is 35.5. The highest BCUT2D eigenvalue weighted by Crippen LogP contribution is 2.33. The molecule has 0 radical (unpaired) electrons. The molecule has 0 N–H and O–H groups in total. The summed E-state index contributed by atoms with van der Waals surface area (Å²) in [6.45, 7) is 4.66. The van der Waals surface area contributed by atoms with E-state index in [0.29, 0.717) is 26.6 Å². The maximum absolute atomic E-state index is 12.8. The van der Waals surface area contributed by atoms with Crippen LogP contribution >= 0.6 is 35.6 Å². The molecule has 2 aliphatic rings. The van der Waals surface area contributed by atoms with Gasteiger partial charge in [-0.3, -0.25) is 14.6 Å². The van der Waals surface area contributed by atoms with Gasteiger partial charge in [0.25, 0.3) is 5.91 Å². The summed E-state index contributed by atoms with van der Waals surface area (Å²) in [6.07, 6.45) is 1.76. The van der Waals surface area contributed by atoms with Crippen LogP contribution in [0.1, 0.15) is 5.76 Å². The van der Waals surface area contributed by atoms with E-state index in [1.54, 1.807) is 11.0 Å². The van der Waals surface area contributed by atoms with Gasteiger partial charge < -0.3 is 9.15 Å². The number of hydrogen-bond acceptors (Lipinski definition) is 6. The largest absolute Gasteiger partial charge is 0.457 e. The number of amides is 1. The Kier molecular flexibility index (Phi) is 6.18. The smallest absolute Gasteiger partial charge is 0.266 e. The number of thioether (sulfide) groups is 1. The van der Waals surface area contributed by atoms with Gasteiger partial charge in [0.2, 0.25) is 0 Å². The van der Waals surface area contributed by atoms with Gasteiger partial charge in [0.05, 0.1) is 18.1 Å². The van der Waals surface area contributed by atoms with Crippen molar-refractivity contribution < 1.29 is 13.9 Å². The quantitative estimate of drug-likeness (QED) is 0.520.